The molecular formula is C25H31N3O5. The molecule has 0 saturated heterocycles. The number of rotatable bonds is 11. The van der Waals surface area contributed by atoms with Crippen molar-refractivity contribution in [2.75, 3.05) is 51.8 Å². The van der Waals surface area contributed by atoms with Gasteiger partial charge in [-0.3, -0.25) is 14.4 Å². The Hall–Kier alpha value is -3.39. The maximum atomic E-state index is 12.7. The monoisotopic (exact) mass is 453 g/mol. The Morgan fingerprint density at radius 1 is 1.18 bits per heavy atom. The van der Waals surface area contributed by atoms with Crippen LogP contribution in [0.2, 0.25) is 0 Å². The van der Waals surface area contributed by atoms with E-state index in [4.69, 9.17) is 9.47 Å². The van der Waals surface area contributed by atoms with Gasteiger partial charge in [0.15, 0.2) is 19.0 Å². The first-order valence-corrected chi connectivity index (χ1v) is 11.0. The number of amides is 2. The first-order valence-electron chi connectivity index (χ1n) is 11.0. The lowest BCUT2D eigenvalue weighted by Gasteiger charge is -2.29. The number of benzene rings is 2. The van der Waals surface area contributed by atoms with Gasteiger partial charge in [0.25, 0.3) is 5.91 Å². The van der Waals surface area contributed by atoms with Crippen molar-refractivity contribution in [3.05, 3.63) is 53.6 Å². The molecule has 1 aliphatic rings. The summed E-state index contributed by atoms with van der Waals surface area (Å²) < 4.78 is 11.2. The molecule has 0 radical (unpaired) electrons. The highest BCUT2D eigenvalue weighted by molar-refractivity contribution is 6.02. The highest BCUT2D eigenvalue weighted by Gasteiger charge is 2.26. The van der Waals surface area contributed by atoms with Crippen LogP contribution in [0, 0.1) is 6.92 Å². The number of ether oxygens (including phenoxy) is 2. The summed E-state index contributed by atoms with van der Waals surface area (Å²) in [5.41, 5.74) is 2.03. The Labute approximate surface area is 194 Å². The van der Waals surface area contributed by atoms with Crippen molar-refractivity contribution in [3.8, 4) is 11.5 Å². The van der Waals surface area contributed by atoms with Crippen LogP contribution >= 0.6 is 0 Å². The molecule has 0 bridgehead atoms. The smallest absolute Gasteiger partial charge is 0.265 e. The minimum atomic E-state index is -0.198. The topological polar surface area (TPSA) is 88.2 Å². The third-order valence-electron chi connectivity index (χ3n) is 5.25. The van der Waals surface area contributed by atoms with E-state index in [-0.39, 0.29) is 30.8 Å². The second-order valence-electron chi connectivity index (χ2n) is 8.30. The Kier molecular flexibility index (Phi) is 8.43. The standard InChI is InChI=1S/C25H31N3O5/c1-18-6-4-7-20(14-18)32-16-22(29)19-9-10-23-21(15-19)28(25(31)17-33-23)12-5-8-24(30)26-11-13-27(2)3/h4,6-7,9-10,14-15H,5,8,11-13,16-17H2,1-3H3,(H,26,30). The predicted molar refractivity (Wildman–Crippen MR) is 126 cm³/mol. The van der Waals surface area contributed by atoms with Gasteiger partial charge in [0.2, 0.25) is 5.91 Å². The van der Waals surface area contributed by atoms with Gasteiger partial charge < -0.3 is 24.6 Å². The van der Waals surface area contributed by atoms with Gasteiger partial charge in [0.1, 0.15) is 11.5 Å². The molecule has 3 rings (SSSR count). The lowest BCUT2D eigenvalue weighted by atomic mass is 10.1. The molecule has 2 aromatic rings. The maximum absolute atomic E-state index is 12.7. The average molecular weight is 454 g/mol. The molecule has 0 aromatic heterocycles. The number of anilines is 1. The largest absolute Gasteiger partial charge is 0.485 e. The molecule has 0 aliphatic carbocycles. The predicted octanol–water partition coefficient (Wildman–Crippen LogP) is 2.44. The van der Waals surface area contributed by atoms with E-state index in [1.807, 2.05) is 44.1 Å². The van der Waals surface area contributed by atoms with Crippen molar-refractivity contribution in [1.82, 2.24) is 10.2 Å². The Morgan fingerprint density at radius 3 is 2.76 bits per heavy atom. The Balaban J connectivity index is 1.60. The van der Waals surface area contributed by atoms with Gasteiger partial charge in [-0.15, -0.1) is 0 Å². The van der Waals surface area contributed by atoms with Gasteiger partial charge >= 0.3 is 0 Å². The zero-order valence-corrected chi connectivity index (χ0v) is 19.4. The van der Waals surface area contributed by atoms with Crippen molar-refractivity contribution in [2.45, 2.75) is 19.8 Å². The van der Waals surface area contributed by atoms with E-state index >= 15 is 0 Å². The van der Waals surface area contributed by atoms with Gasteiger partial charge in [-0.05, 0) is 63.3 Å². The number of fused-ring (bicyclic) bond motifs is 1. The molecule has 2 aromatic carbocycles. The highest BCUT2D eigenvalue weighted by atomic mass is 16.5. The molecule has 8 heteroatoms. The normalized spacial score (nSPS) is 12.8. The lowest BCUT2D eigenvalue weighted by molar-refractivity contribution is -0.122. The molecule has 0 fully saturated rings. The van der Waals surface area contributed by atoms with Crippen LogP contribution < -0.4 is 19.7 Å². The molecule has 8 nitrogen and oxygen atoms in total. The second-order valence-corrected chi connectivity index (χ2v) is 8.30. The number of aryl methyl sites for hydroxylation is 1. The van der Waals surface area contributed by atoms with Crippen LogP contribution in [0.25, 0.3) is 0 Å². The third kappa shape index (κ3) is 7.05. The molecule has 0 saturated carbocycles. The van der Waals surface area contributed by atoms with Crippen molar-refractivity contribution in [1.29, 1.82) is 0 Å². The summed E-state index contributed by atoms with van der Waals surface area (Å²) in [5.74, 6) is 0.732. The van der Waals surface area contributed by atoms with E-state index in [0.717, 1.165) is 12.1 Å². The summed E-state index contributed by atoms with van der Waals surface area (Å²) in [5, 5.41) is 2.87. The molecule has 0 atom stereocenters. The number of Topliss-reactive ketones (excluding diaryl/α,β-unsaturated/α-hetero) is 1. The molecule has 1 aliphatic heterocycles. The molecule has 0 spiro atoms. The highest BCUT2D eigenvalue weighted by Crippen LogP contribution is 2.33. The van der Waals surface area contributed by atoms with Gasteiger partial charge in [-0.25, -0.2) is 0 Å². The van der Waals surface area contributed by atoms with Gasteiger partial charge in [0, 0.05) is 31.6 Å². The fourth-order valence-corrected chi connectivity index (χ4v) is 3.46. The summed E-state index contributed by atoms with van der Waals surface area (Å²) in [7, 11) is 3.89. The lowest BCUT2D eigenvalue weighted by Crippen LogP contribution is -2.40. The van der Waals surface area contributed by atoms with Gasteiger partial charge in [0.05, 0.1) is 5.69 Å². The van der Waals surface area contributed by atoms with Crippen molar-refractivity contribution < 1.29 is 23.9 Å². The van der Waals surface area contributed by atoms with Crippen LogP contribution in [0.5, 0.6) is 11.5 Å². The van der Waals surface area contributed by atoms with Crippen LogP contribution in [0.15, 0.2) is 42.5 Å². The van der Waals surface area contributed by atoms with Gasteiger partial charge in [-0.2, -0.15) is 0 Å². The SMILES string of the molecule is Cc1cccc(OCC(=O)c2ccc3c(c2)N(CCCC(=O)NCCN(C)C)C(=O)CO3)c1. The molecule has 176 valence electrons. The summed E-state index contributed by atoms with van der Waals surface area (Å²) in [6, 6.07) is 12.5. The first-order chi connectivity index (χ1) is 15.8. The maximum Gasteiger partial charge on any atom is 0.265 e. The summed E-state index contributed by atoms with van der Waals surface area (Å²) in [6.45, 7) is 3.51. The van der Waals surface area contributed by atoms with Crippen LogP contribution in [-0.2, 0) is 9.59 Å². The van der Waals surface area contributed by atoms with E-state index in [9.17, 15) is 14.4 Å². The number of likely N-dealkylation sites (N-methyl/N-ethyl adjacent to an activating group) is 1. The molecule has 33 heavy (non-hydrogen) atoms. The molecule has 1 heterocycles. The van der Waals surface area contributed by atoms with E-state index in [1.165, 1.54) is 0 Å². The van der Waals surface area contributed by atoms with E-state index in [1.54, 1.807) is 29.2 Å². The van der Waals surface area contributed by atoms with Crippen LogP contribution in [0.3, 0.4) is 0 Å². The Morgan fingerprint density at radius 2 is 2.00 bits per heavy atom. The van der Waals surface area contributed by atoms with Crippen molar-refractivity contribution in [2.24, 2.45) is 0 Å². The zero-order valence-electron chi connectivity index (χ0n) is 19.4. The van der Waals surface area contributed by atoms with Crippen LogP contribution in [0.4, 0.5) is 5.69 Å². The molecule has 2 amide bonds. The first kappa shape index (κ1) is 24.3. The molecular weight excluding hydrogens is 422 g/mol. The quantitative estimate of drug-likeness (QED) is 0.526. The number of carbonyl (C=O) groups is 3. The van der Waals surface area contributed by atoms with Crippen LogP contribution in [0.1, 0.15) is 28.8 Å². The zero-order chi connectivity index (χ0) is 23.8. The average Bonchev–Trinajstić information content (AvgIpc) is 2.78. The summed E-state index contributed by atoms with van der Waals surface area (Å²) >= 11 is 0. The summed E-state index contributed by atoms with van der Waals surface area (Å²) in [6.07, 6.45) is 0.823. The van der Waals surface area contributed by atoms with E-state index in [0.29, 0.717) is 48.7 Å². The number of carbonyl (C=O) groups excluding carboxylic acids is 3. The van der Waals surface area contributed by atoms with E-state index in [2.05, 4.69) is 5.32 Å². The number of nitrogens with zero attached hydrogens (tertiary/aromatic N) is 2. The molecule has 1 N–H and O–H groups in total. The Bertz CT molecular complexity index is 1010. The van der Waals surface area contributed by atoms with Gasteiger partial charge in [-0.1, -0.05) is 12.1 Å². The number of hydrogen-bond acceptors (Lipinski definition) is 6. The third-order valence-corrected chi connectivity index (χ3v) is 5.25. The number of ketones is 1. The van der Waals surface area contributed by atoms with Crippen LogP contribution in [-0.4, -0.2) is 69.4 Å². The minimum absolute atomic E-state index is 0.0463. The fourth-order valence-electron chi connectivity index (χ4n) is 3.46. The minimum Gasteiger partial charge on any atom is -0.485 e. The number of hydrogen-bond donors (Lipinski definition) is 1. The van der Waals surface area contributed by atoms with Crippen molar-refractivity contribution in [3.63, 3.8) is 0 Å². The van der Waals surface area contributed by atoms with E-state index < -0.39 is 0 Å². The van der Waals surface area contributed by atoms with Crippen molar-refractivity contribution >= 4 is 23.3 Å². The number of nitrogens with one attached hydrogen (secondary N) is 1. The summed E-state index contributed by atoms with van der Waals surface area (Å²) in [4.78, 5) is 40.8. The fraction of sp³-hybridized carbons (Fsp3) is 0.400. The molecule has 0 unspecified atom stereocenters. The second kappa shape index (κ2) is 11.5.